The number of hydrogen-bond acceptors (Lipinski definition) is 5. The van der Waals surface area contributed by atoms with Gasteiger partial charge < -0.3 is 20.3 Å². The van der Waals surface area contributed by atoms with E-state index in [2.05, 4.69) is 5.32 Å². The molecule has 0 amide bonds. The molecule has 3 N–H and O–H groups in total. The number of nitrogens with one attached hydrogen (secondary N) is 1. The van der Waals surface area contributed by atoms with Crippen molar-refractivity contribution < 1.29 is 24.5 Å². The maximum Gasteiger partial charge on any atom is 0.332 e. The van der Waals surface area contributed by atoms with Crippen molar-refractivity contribution in [2.75, 3.05) is 26.3 Å². The van der Waals surface area contributed by atoms with Crippen LogP contribution in [0.5, 0.6) is 0 Å². The minimum absolute atomic E-state index is 0.0423. The standard InChI is InChI=1S/C17H16O4S.C4H9NO.C2H6/c1-10-5-3-4-6-11(10)14(22)12-7-8-17(2,16(20)21)9-13(12)15(18)19;1-3-6-4-2-5-1;1-2/h3-8H,9H2,1-2H3,(H,18,19)(H,20,21);5H,1-4H2;1-2H3. The monoisotopic (exact) mass is 433 g/mol. The predicted molar refractivity (Wildman–Crippen MR) is 122 cm³/mol. The first kappa shape index (κ1) is 25.7. The smallest absolute Gasteiger partial charge is 0.332 e. The van der Waals surface area contributed by atoms with Crippen LogP contribution in [0.4, 0.5) is 0 Å². The van der Waals surface area contributed by atoms with Crippen LogP contribution in [0, 0.1) is 12.3 Å². The average Bonchev–Trinajstić information content (AvgIpc) is 2.76. The number of benzene rings is 1. The second-order valence-corrected chi connectivity index (χ2v) is 7.34. The number of rotatable bonds is 4. The Morgan fingerprint density at radius 3 is 2.17 bits per heavy atom. The van der Waals surface area contributed by atoms with Gasteiger partial charge in [0.25, 0.3) is 0 Å². The molecule has 1 atom stereocenters. The second-order valence-electron chi connectivity index (χ2n) is 6.94. The Balaban J connectivity index is 0.000000474. The number of carbonyl (C=O) groups is 2. The van der Waals surface area contributed by atoms with E-state index in [1.807, 2.05) is 45.0 Å². The number of carboxylic acid groups (broad SMARTS) is 2. The van der Waals surface area contributed by atoms with E-state index in [0.717, 1.165) is 37.4 Å². The summed E-state index contributed by atoms with van der Waals surface area (Å²) in [7, 11) is 0. The highest BCUT2D eigenvalue weighted by atomic mass is 32.1. The molecule has 0 spiro atoms. The van der Waals surface area contributed by atoms with Gasteiger partial charge in [-0.05, 0) is 31.4 Å². The molecule has 1 unspecified atom stereocenters. The lowest BCUT2D eigenvalue weighted by Gasteiger charge is -2.26. The van der Waals surface area contributed by atoms with Gasteiger partial charge >= 0.3 is 11.9 Å². The maximum absolute atomic E-state index is 11.6. The first-order chi connectivity index (χ1) is 14.3. The predicted octanol–water partition coefficient (Wildman–Crippen LogP) is 3.78. The highest BCUT2D eigenvalue weighted by Gasteiger charge is 2.37. The number of thiocarbonyl (C=S) groups is 1. The third kappa shape index (κ3) is 6.86. The van der Waals surface area contributed by atoms with Gasteiger partial charge in [0.2, 0.25) is 0 Å². The van der Waals surface area contributed by atoms with E-state index in [0.29, 0.717) is 10.4 Å². The van der Waals surface area contributed by atoms with Crippen LogP contribution in [0.15, 0.2) is 47.6 Å². The first-order valence-corrected chi connectivity index (χ1v) is 10.4. The molecule has 0 saturated carbocycles. The van der Waals surface area contributed by atoms with Gasteiger partial charge in [-0.1, -0.05) is 62.5 Å². The van der Waals surface area contributed by atoms with E-state index in [1.54, 1.807) is 0 Å². The zero-order valence-electron chi connectivity index (χ0n) is 18.0. The Morgan fingerprint density at radius 1 is 1.13 bits per heavy atom. The summed E-state index contributed by atoms with van der Waals surface area (Å²) in [5, 5.41) is 21.9. The summed E-state index contributed by atoms with van der Waals surface area (Å²) in [6.45, 7) is 11.2. The summed E-state index contributed by atoms with van der Waals surface area (Å²) < 4.78 is 5.01. The van der Waals surface area contributed by atoms with E-state index in [9.17, 15) is 19.8 Å². The fraction of sp³-hybridized carbons (Fsp3) is 0.435. The first-order valence-electron chi connectivity index (χ1n) is 10.0. The van der Waals surface area contributed by atoms with Crippen molar-refractivity contribution in [1.82, 2.24) is 5.32 Å². The number of hydrogen-bond donors (Lipinski definition) is 3. The number of carboxylic acids is 2. The SMILES string of the molecule is C1COCCN1.CC.Cc1ccccc1C(=S)C1=C(C(=O)O)CC(C)(C(=O)O)C=C1. The average molecular weight is 434 g/mol. The van der Waals surface area contributed by atoms with Crippen molar-refractivity contribution >= 4 is 29.0 Å². The molecule has 2 aliphatic rings. The Kier molecular flexibility index (Phi) is 10.6. The summed E-state index contributed by atoms with van der Waals surface area (Å²) in [4.78, 5) is 23.3. The molecule has 164 valence electrons. The van der Waals surface area contributed by atoms with Crippen LogP contribution >= 0.6 is 12.2 Å². The molecule has 7 heteroatoms. The molecule has 0 radical (unpaired) electrons. The van der Waals surface area contributed by atoms with E-state index in [-0.39, 0.29) is 12.0 Å². The van der Waals surface area contributed by atoms with Crippen molar-refractivity contribution in [1.29, 1.82) is 0 Å². The Hall–Kier alpha value is -2.35. The maximum atomic E-state index is 11.6. The van der Waals surface area contributed by atoms with Crippen molar-refractivity contribution in [2.45, 2.75) is 34.1 Å². The number of allylic oxidation sites excluding steroid dienone is 2. The molecule has 0 bridgehead atoms. The summed E-state index contributed by atoms with van der Waals surface area (Å²) in [5.41, 5.74) is 0.967. The van der Waals surface area contributed by atoms with Gasteiger partial charge in [0.05, 0.1) is 23.5 Å². The van der Waals surface area contributed by atoms with Crippen LogP contribution < -0.4 is 5.32 Å². The van der Waals surface area contributed by atoms with Crippen molar-refractivity contribution in [3.05, 3.63) is 58.7 Å². The molecule has 1 aromatic rings. The molecule has 1 aliphatic heterocycles. The topological polar surface area (TPSA) is 95.9 Å². The molecule has 3 rings (SSSR count). The Morgan fingerprint density at radius 2 is 1.73 bits per heavy atom. The van der Waals surface area contributed by atoms with Crippen LogP contribution in [0.2, 0.25) is 0 Å². The molecule has 1 heterocycles. The van der Waals surface area contributed by atoms with Crippen LogP contribution in [0.1, 0.15) is 38.3 Å². The molecule has 1 fully saturated rings. The molecular weight excluding hydrogens is 402 g/mol. The quantitative estimate of drug-likeness (QED) is 0.491. The lowest BCUT2D eigenvalue weighted by molar-refractivity contribution is -0.145. The Bertz CT molecular complexity index is 815. The largest absolute Gasteiger partial charge is 0.481 e. The fourth-order valence-electron chi connectivity index (χ4n) is 2.93. The van der Waals surface area contributed by atoms with Gasteiger partial charge in [-0.15, -0.1) is 0 Å². The number of aliphatic carboxylic acids is 2. The number of ether oxygens (including phenoxy) is 1. The molecule has 30 heavy (non-hydrogen) atoms. The van der Waals surface area contributed by atoms with Crippen LogP contribution in [-0.2, 0) is 14.3 Å². The molecule has 1 saturated heterocycles. The highest BCUT2D eigenvalue weighted by Crippen LogP contribution is 2.36. The number of aryl methyl sites for hydroxylation is 1. The lowest BCUT2D eigenvalue weighted by atomic mass is 9.76. The highest BCUT2D eigenvalue weighted by molar-refractivity contribution is 7.81. The molecule has 1 aromatic carbocycles. The van der Waals surface area contributed by atoms with Gasteiger partial charge in [-0.2, -0.15) is 0 Å². The minimum atomic E-state index is -1.22. The van der Waals surface area contributed by atoms with Crippen molar-refractivity contribution in [3.8, 4) is 0 Å². The van der Waals surface area contributed by atoms with Crippen LogP contribution in [-0.4, -0.2) is 53.3 Å². The van der Waals surface area contributed by atoms with Gasteiger partial charge in [0.15, 0.2) is 0 Å². The zero-order chi connectivity index (χ0) is 22.7. The van der Waals surface area contributed by atoms with E-state index in [1.165, 1.54) is 19.1 Å². The number of morpholine rings is 1. The molecule has 0 aromatic heterocycles. The summed E-state index contributed by atoms with van der Waals surface area (Å²) in [6.07, 6.45) is 2.95. The summed E-state index contributed by atoms with van der Waals surface area (Å²) in [5.74, 6) is -2.19. The minimum Gasteiger partial charge on any atom is -0.481 e. The zero-order valence-corrected chi connectivity index (χ0v) is 18.8. The summed E-state index contributed by atoms with van der Waals surface area (Å²) in [6, 6.07) is 7.45. The normalized spacial score (nSPS) is 20.3. The van der Waals surface area contributed by atoms with Gasteiger partial charge in [0, 0.05) is 24.2 Å². The van der Waals surface area contributed by atoms with Crippen LogP contribution in [0.3, 0.4) is 0 Å². The van der Waals surface area contributed by atoms with E-state index < -0.39 is 17.4 Å². The molecule has 1 aliphatic carbocycles. The van der Waals surface area contributed by atoms with Crippen LogP contribution in [0.25, 0.3) is 0 Å². The van der Waals surface area contributed by atoms with Crippen molar-refractivity contribution in [2.24, 2.45) is 5.41 Å². The van der Waals surface area contributed by atoms with E-state index >= 15 is 0 Å². The fourth-order valence-corrected chi connectivity index (χ4v) is 3.35. The van der Waals surface area contributed by atoms with Gasteiger partial charge in [-0.25, -0.2) is 4.79 Å². The van der Waals surface area contributed by atoms with Gasteiger partial charge in [0.1, 0.15) is 0 Å². The van der Waals surface area contributed by atoms with Gasteiger partial charge in [-0.3, -0.25) is 4.79 Å². The lowest BCUT2D eigenvalue weighted by Crippen LogP contribution is -2.30. The molecular formula is C23H31NO5S. The third-order valence-corrected chi connectivity index (χ3v) is 5.15. The summed E-state index contributed by atoms with van der Waals surface area (Å²) >= 11 is 5.45. The van der Waals surface area contributed by atoms with Crippen molar-refractivity contribution in [3.63, 3.8) is 0 Å². The van der Waals surface area contributed by atoms with E-state index in [4.69, 9.17) is 17.0 Å². The second kappa shape index (κ2) is 12.4. The third-order valence-electron chi connectivity index (χ3n) is 4.71. The molecule has 6 nitrogen and oxygen atoms in total. The Labute approximate surface area is 183 Å².